The van der Waals surface area contributed by atoms with Gasteiger partial charge in [-0.25, -0.2) is 4.39 Å². The van der Waals surface area contributed by atoms with Crippen LogP contribution in [0.2, 0.25) is 5.02 Å². The van der Waals surface area contributed by atoms with Crippen LogP contribution in [0.25, 0.3) is 0 Å². The molecule has 0 radical (unpaired) electrons. The zero-order valence-electron chi connectivity index (χ0n) is 10.8. The van der Waals surface area contributed by atoms with Gasteiger partial charge in [-0.05, 0) is 12.1 Å². The number of nitrogens with one attached hydrogen (secondary N) is 1. The highest BCUT2D eigenvalue weighted by atomic mass is 35.5. The van der Waals surface area contributed by atoms with E-state index in [-0.39, 0.29) is 22.1 Å². The van der Waals surface area contributed by atoms with Gasteiger partial charge in [0.25, 0.3) is 5.91 Å². The molecule has 0 aliphatic rings. The summed E-state index contributed by atoms with van der Waals surface area (Å²) in [6.07, 6.45) is 2.83. The van der Waals surface area contributed by atoms with Crippen molar-refractivity contribution in [2.45, 2.75) is 6.54 Å². The van der Waals surface area contributed by atoms with E-state index in [1.807, 2.05) is 0 Å². The van der Waals surface area contributed by atoms with Crippen LogP contribution in [-0.4, -0.2) is 15.9 Å². The number of rotatable bonds is 4. The van der Waals surface area contributed by atoms with Crippen molar-refractivity contribution in [2.24, 2.45) is 5.73 Å². The van der Waals surface area contributed by atoms with Crippen LogP contribution in [0.3, 0.4) is 0 Å². The first-order chi connectivity index (χ1) is 9.99. The Bertz CT molecular complexity index is 708. The van der Waals surface area contributed by atoms with Crippen molar-refractivity contribution in [3.05, 3.63) is 64.2 Å². The summed E-state index contributed by atoms with van der Waals surface area (Å²) in [6, 6.07) is 5.86. The number of thiocarbonyl (C=S) groups is 1. The zero-order chi connectivity index (χ0) is 15.4. The largest absolute Gasteiger partial charge is 0.389 e. The van der Waals surface area contributed by atoms with E-state index in [0.29, 0.717) is 11.1 Å². The van der Waals surface area contributed by atoms with E-state index < -0.39 is 11.7 Å². The van der Waals surface area contributed by atoms with E-state index in [0.717, 1.165) is 0 Å². The fourth-order valence-corrected chi connectivity index (χ4v) is 2.01. The summed E-state index contributed by atoms with van der Waals surface area (Å²) in [5.41, 5.74) is 6.47. The molecular weight excluding hydrogens is 313 g/mol. The summed E-state index contributed by atoms with van der Waals surface area (Å²) >= 11 is 10.6. The zero-order valence-corrected chi connectivity index (χ0v) is 12.3. The van der Waals surface area contributed by atoms with Crippen LogP contribution >= 0.6 is 23.8 Å². The number of hydrogen-bond donors (Lipinski definition) is 2. The topological polar surface area (TPSA) is 68.0 Å². The maximum Gasteiger partial charge on any atom is 0.253 e. The monoisotopic (exact) mass is 323 g/mol. The molecule has 108 valence electrons. The molecule has 0 spiro atoms. The molecule has 0 saturated carbocycles. The first-order valence-corrected chi connectivity index (χ1v) is 6.73. The van der Waals surface area contributed by atoms with E-state index >= 15 is 0 Å². The molecule has 2 aromatic rings. The summed E-state index contributed by atoms with van der Waals surface area (Å²) in [6.45, 7) is 0.0287. The number of carbonyl (C=O) groups excluding carboxylic acids is 1. The summed E-state index contributed by atoms with van der Waals surface area (Å²) in [5, 5.41) is 2.83. The van der Waals surface area contributed by atoms with E-state index in [9.17, 15) is 9.18 Å². The van der Waals surface area contributed by atoms with Crippen LogP contribution in [0, 0.1) is 5.82 Å². The second-order valence-corrected chi connectivity index (χ2v) is 5.06. The van der Waals surface area contributed by atoms with Crippen molar-refractivity contribution in [3.8, 4) is 0 Å². The first-order valence-electron chi connectivity index (χ1n) is 5.95. The molecule has 0 saturated heterocycles. The number of nitrogens with zero attached hydrogens (tertiary/aromatic N) is 1. The van der Waals surface area contributed by atoms with Gasteiger partial charge in [-0.2, -0.15) is 0 Å². The van der Waals surface area contributed by atoms with E-state index in [1.54, 1.807) is 6.07 Å². The Hall–Kier alpha value is -2.05. The van der Waals surface area contributed by atoms with Crippen LogP contribution < -0.4 is 11.1 Å². The molecule has 1 heterocycles. The van der Waals surface area contributed by atoms with Gasteiger partial charge < -0.3 is 11.1 Å². The molecule has 0 aliphatic carbocycles. The molecular formula is C14H11ClFN3OS. The number of nitrogens with two attached hydrogens (primary N) is 1. The fraction of sp³-hybridized carbons (Fsp3) is 0.0714. The maximum absolute atomic E-state index is 13.8. The molecule has 3 N–H and O–H groups in total. The lowest BCUT2D eigenvalue weighted by molar-refractivity contribution is 0.0950. The highest BCUT2D eigenvalue weighted by Gasteiger charge is 2.11. The second-order valence-electron chi connectivity index (χ2n) is 4.21. The number of amides is 1. The third-order valence-corrected chi connectivity index (χ3v) is 3.33. The van der Waals surface area contributed by atoms with Crippen molar-refractivity contribution >= 4 is 34.7 Å². The van der Waals surface area contributed by atoms with Crippen LogP contribution in [0.15, 0.2) is 36.7 Å². The molecule has 0 aliphatic heterocycles. The van der Waals surface area contributed by atoms with Gasteiger partial charge in [0.05, 0.1) is 10.6 Å². The maximum atomic E-state index is 13.8. The number of aromatic nitrogens is 1. The molecule has 1 amide bonds. The molecule has 0 unspecified atom stereocenters. The Morgan fingerprint density at radius 1 is 1.43 bits per heavy atom. The molecule has 0 atom stereocenters. The minimum atomic E-state index is -0.485. The minimum absolute atomic E-state index is 0.0287. The third kappa shape index (κ3) is 3.74. The highest BCUT2D eigenvalue weighted by molar-refractivity contribution is 7.80. The average Bonchev–Trinajstić information content (AvgIpc) is 2.46. The Kier molecular flexibility index (Phi) is 4.82. The highest BCUT2D eigenvalue weighted by Crippen LogP contribution is 2.14. The van der Waals surface area contributed by atoms with Gasteiger partial charge in [-0.15, -0.1) is 0 Å². The average molecular weight is 324 g/mol. The molecule has 7 heteroatoms. The molecule has 1 aromatic carbocycles. The Morgan fingerprint density at radius 2 is 2.19 bits per heavy atom. The van der Waals surface area contributed by atoms with E-state index in [2.05, 4.69) is 10.3 Å². The summed E-state index contributed by atoms with van der Waals surface area (Å²) in [5.74, 6) is -0.887. The van der Waals surface area contributed by atoms with Gasteiger partial charge in [-0.1, -0.05) is 36.0 Å². The van der Waals surface area contributed by atoms with E-state index in [4.69, 9.17) is 29.6 Å². The molecule has 1 aromatic heterocycles. The predicted molar refractivity (Wildman–Crippen MR) is 82.7 cm³/mol. The van der Waals surface area contributed by atoms with Crippen LogP contribution in [-0.2, 0) is 6.54 Å². The number of benzene rings is 1. The number of carbonyl (C=O) groups is 1. The Labute approximate surface area is 131 Å². The predicted octanol–water partition coefficient (Wildman–Crippen LogP) is 2.44. The molecule has 2 rings (SSSR count). The second kappa shape index (κ2) is 6.60. The van der Waals surface area contributed by atoms with Gasteiger partial charge in [0.15, 0.2) is 0 Å². The van der Waals surface area contributed by atoms with Crippen molar-refractivity contribution in [3.63, 3.8) is 0 Å². The van der Waals surface area contributed by atoms with Gasteiger partial charge in [0.2, 0.25) is 0 Å². The third-order valence-electron chi connectivity index (χ3n) is 2.79. The standard InChI is InChI=1S/C14H11ClFN3OS/c15-11-7-18-4-3-10(11)14(20)19-6-9-2-1-8(13(17)21)5-12(9)16/h1-5,7H,6H2,(H2,17,21)(H,19,20). The van der Waals surface area contributed by atoms with Gasteiger partial charge in [0.1, 0.15) is 10.8 Å². The van der Waals surface area contributed by atoms with Crippen molar-refractivity contribution in [2.75, 3.05) is 0 Å². The van der Waals surface area contributed by atoms with Gasteiger partial charge in [-0.3, -0.25) is 9.78 Å². The van der Waals surface area contributed by atoms with E-state index in [1.165, 1.54) is 30.6 Å². The Balaban J connectivity index is 2.08. The lowest BCUT2D eigenvalue weighted by Gasteiger charge is -2.08. The van der Waals surface area contributed by atoms with Crippen LogP contribution in [0.4, 0.5) is 4.39 Å². The van der Waals surface area contributed by atoms with Gasteiger partial charge in [0, 0.05) is 30.1 Å². The lowest BCUT2D eigenvalue weighted by Crippen LogP contribution is -2.24. The quantitative estimate of drug-likeness (QED) is 0.848. The first kappa shape index (κ1) is 15.3. The molecule has 0 bridgehead atoms. The summed E-state index contributed by atoms with van der Waals surface area (Å²) < 4.78 is 13.8. The van der Waals surface area contributed by atoms with Gasteiger partial charge >= 0.3 is 0 Å². The van der Waals surface area contributed by atoms with Crippen molar-refractivity contribution in [1.82, 2.24) is 10.3 Å². The van der Waals surface area contributed by atoms with Crippen LogP contribution in [0.1, 0.15) is 21.5 Å². The number of halogens is 2. The smallest absolute Gasteiger partial charge is 0.253 e. The fourth-order valence-electron chi connectivity index (χ4n) is 1.67. The van der Waals surface area contributed by atoms with Crippen LogP contribution in [0.5, 0.6) is 0 Å². The minimum Gasteiger partial charge on any atom is -0.389 e. The van der Waals surface area contributed by atoms with Crippen molar-refractivity contribution < 1.29 is 9.18 Å². The molecule has 21 heavy (non-hydrogen) atoms. The molecule has 4 nitrogen and oxygen atoms in total. The Morgan fingerprint density at radius 3 is 2.81 bits per heavy atom. The van der Waals surface area contributed by atoms with Crippen molar-refractivity contribution in [1.29, 1.82) is 0 Å². The SMILES string of the molecule is NC(=S)c1ccc(CNC(=O)c2ccncc2Cl)c(F)c1. The summed E-state index contributed by atoms with van der Waals surface area (Å²) in [4.78, 5) is 15.8. The number of hydrogen-bond acceptors (Lipinski definition) is 3. The number of pyridine rings is 1. The lowest BCUT2D eigenvalue weighted by atomic mass is 10.1. The normalized spacial score (nSPS) is 10.2. The summed E-state index contributed by atoms with van der Waals surface area (Å²) in [7, 11) is 0. The molecule has 0 fully saturated rings.